The van der Waals surface area contributed by atoms with Gasteiger partial charge in [0.25, 0.3) is 11.6 Å². The number of nitriles is 1. The van der Waals surface area contributed by atoms with Gasteiger partial charge in [-0.3, -0.25) is 14.9 Å². The fourth-order valence-corrected chi connectivity index (χ4v) is 4.02. The van der Waals surface area contributed by atoms with Gasteiger partial charge < -0.3 is 14.8 Å². The molecule has 0 aliphatic rings. The fourth-order valence-electron chi connectivity index (χ4n) is 3.06. The van der Waals surface area contributed by atoms with Gasteiger partial charge >= 0.3 is 0 Å². The number of anilines is 1. The molecular weight excluding hydrogens is 585 g/mol. The number of nitro benzene ring substituents is 1. The Hall–Kier alpha value is -3.62. The first-order chi connectivity index (χ1) is 16.7. The lowest BCUT2D eigenvalue weighted by atomic mass is 10.1. The van der Waals surface area contributed by atoms with Gasteiger partial charge in [-0.05, 0) is 76.5 Å². The highest BCUT2D eigenvalue weighted by Crippen LogP contribution is 2.35. The maximum absolute atomic E-state index is 12.6. The molecule has 0 aliphatic heterocycles. The van der Waals surface area contributed by atoms with Crippen LogP contribution in [0.5, 0.6) is 11.5 Å². The number of hydrogen-bond acceptors (Lipinski definition) is 6. The van der Waals surface area contributed by atoms with Gasteiger partial charge in [0, 0.05) is 22.8 Å². The Morgan fingerprint density at radius 3 is 2.69 bits per heavy atom. The second-order valence-electron chi connectivity index (χ2n) is 7.34. The zero-order chi connectivity index (χ0) is 25.5. The number of non-ortho nitro benzene ring substituents is 1. The average Bonchev–Trinajstić information content (AvgIpc) is 2.83. The van der Waals surface area contributed by atoms with E-state index in [9.17, 15) is 20.2 Å². The summed E-state index contributed by atoms with van der Waals surface area (Å²) in [6.45, 7) is 1.94. The molecule has 3 aromatic rings. The summed E-state index contributed by atoms with van der Waals surface area (Å²) in [5.74, 6) is 0.248. The van der Waals surface area contributed by atoms with Crippen LogP contribution in [0.2, 0.25) is 5.02 Å². The standard InChI is InChI=1S/C25H19ClIN3O5/c1-15-6-7-19(12-21(15)26)29-25(31)18(13-28)8-17-10-22(27)24(23(11-17)34-2)35-14-16-4-3-5-20(9-16)30(32)33/h3-12H,14H2,1-2H3,(H,29,31)/b18-8-. The van der Waals surface area contributed by atoms with Crippen molar-refractivity contribution in [2.45, 2.75) is 13.5 Å². The van der Waals surface area contributed by atoms with E-state index in [1.54, 1.807) is 42.5 Å². The van der Waals surface area contributed by atoms with Gasteiger partial charge in [-0.1, -0.05) is 29.8 Å². The highest BCUT2D eigenvalue weighted by molar-refractivity contribution is 14.1. The van der Waals surface area contributed by atoms with Gasteiger partial charge in [0.15, 0.2) is 11.5 Å². The zero-order valence-corrected chi connectivity index (χ0v) is 21.6. The first-order valence-electron chi connectivity index (χ1n) is 10.1. The smallest absolute Gasteiger partial charge is 0.269 e. The molecule has 3 aromatic carbocycles. The number of nitrogens with zero attached hydrogens (tertiary/aromatic N) is 2. The van der Waals surface area contributed by atoms with Crippen LogP contribution in [0.3, 0.4) is 0 Å². The van der Waals surface area contributed by atoms with Crippen molar-refractivity contribution in [3.8, 4) is 17.6 Å². The molecule has 0 saturated carbocycles. The van der Waals surface area contributed by atoms with E-state index < -0.39 is 10.8 Å². The minimum Gasteiger partial charge on any atom is -0.493 e. The SMILES string of the molecule is COc1cc(/C=C(/C#N)C(=O)Nc2ccc(C)c(Cl)c2)cc(I)c1OCc1cccc([N+](=O)[O-])c1. The van der Waals surface area contributed by atoms with Crippen molar-refractivity contribution in [3.63, 3.8) is 0 Å². The molecule has 0 spiro atoms. The van der Waals surface area contributed by atoms with Crippen molar-refractivity contribution in [1.29, 1.82) is 5.26 Å². The lowest BCUT2D eigenvalue weighted by Crippen LogP contribution is -2.13. The normalized spacial score (nSPS) is 10.9. The van der Waals surface area contributed by atoms with Crippen LogP contribution in [0, 0.1) is 31.9 Å². The van der Waals surface area contributed by atoms with Crippen LogP contribution in [0.25, 0.3) is 6.08 Å². The molecule has 0 aliphatic carbocycles. The Bertz CT molecular complexity index is 1370. The average molecular weight is 604 g/mol. The summed E-state index contributed by atoms with van der Waals surface area (Å²) in [7, 11) is 1.47. The Labute approximate surface area is 220 Å². The van der Waals surface area contributed by atoms with Gasteiger partial charge in [0.1, 0.15) is 18.2 Å². The molecule has 0 saturated heterocycles. The first kappa shape index (κ1) is 26.0. The summed E-state index contributed by atoms with van der Waals surface area (Å²) < 4.78 is 12.0. The van der Waals surface area contributed by atoms with Crippen LogP contribution in [-0.4, -0.2) is 17.9 Å². The Morgan fingerprint density at radius 1 is 1.26 bits per heavy atom. The van der Waals surface area contributed by atoms with Gasteiger partial charge in [-0.2, -0.15) is 5.26 Å². The molecule has 8 nitrogen and oxygen atoms in total. The van der Waals surface area contributed by atoms with Gasteiger partial charge in [-0.15, -0.1) is 0 Å². The number of amides is 1. The second-order valence-corrected chi connectivity index (χ2v) is 8.91. The molecule has 1 N–H and O–H groups in total. The number of nitro groups is 1. The molecule has 0 unspecified atom stereocenters. The number of halogens is 2. The third kappa shape index (κ3) is 6.71. The zero-order valence-electron chi connectivity index (χ0n) is 18.7. The molecular formula is C25H19ClIN3O5. The van der Waals surface area contributed by atoms with Crippen molar-refractivity contribution >= 4 is 57.5 Å². The van der Waals surface area contributed by atoms with E-state index in [0.717, 1.165) is 5.56 Å². The number of methoxy groups -OCH3 is 1. The number of benzene rings is 3. The minimum atomic E-state index is -0.576. The van der Waals surface area contributed by atoms with Crippen LogP contribution < -0.4 is 14.8 Å². The number of hydrogen-bond donors (Lipinski definition) is 1. The van der Waals surface area contributed by atoms with Crippen molar-refractivity contribution < 1.29 is 19.2 Å². The third-order valence-corrected chi connectivity index (χ3v) is 6.07. The second kappa shape index (κ2) is 11.7. The predicted molar refractivity (Wildman–Crippen MR) is 142 cm³/mol. The fraction of sp³-hybridized carbons (Fsp3) is 0.120. The highest BCUT2D eigenvalue weighted by atomic mass is 127. The maximum Gasteiger partial charge on any atom is 0.269 e. The lowest BCUT2D eigenvalue weighted by molar-refractivity contribution is -0.384. The highest BCUT2D eigenvalue weighted by Gasteiger charge is 2.15. The minimum absolute atomic E-state index is 0.0246. The Balaban J connectivity index is 1.82. The molecule has 3 rings (SSSR count). The quantitative estimate of drug-likeness (QED) is 0.106. The summed E-state index contributed by atoms with van der Waals surface area (Å²) >= 11 is 8.16. The van der Waals surface area contributed by atoms with E-state index in [0.29, 0.717) is 36.9 Å². The molecule has 10 heteroatoms. The largest absolute Gasteiger partial charge is 0.493 e. The summed E-state index contributed by atoms with van der Waals surface area (Å²) in [6.07, 6.45) is 1.44. The van der Waals surface area contributed by atoms with E-state index in [1.807, 2.05) is 13.0 Å². The van der Waals surface area contributed by atoms with Crippen LogP contribution in [-0.2, 0) is 11.4 Å². The molecule has 0 bridgehead atoms. The molecule has 0 fully saturated rings. The summed E-state index contributed by atoms with van der Waals surface area (Å²) in [6, 6.07) is 16.5. The molecule has 0 heterocycles. The predicted octanol–water partition coefficient (Wildman–Crippen LogP) is 6.29. The number of nitrogens with one attached hydrogen (secondary N) is 1. The van der Waals surface area contributed by atoms with Gasteiger partial charge in [0.2, 0.25) is 0 Å². The lowest BCUT2D eigenvalue weighted by Gasteiger charge is -2.14. The molecule has 0 atom stereocenters. The maximum atomic E-state index is 12.6. The molecule has 35 heavy (non-hydrogen) atoms. The van der Waals surface area contributed by atoms with Crippen LogP contribution in [0.1, 0.15) is 16.7 Å². The Morgan fingerprint density at radius 2 is 2.03 bits per heavy atom. The van der Waals surface area contributed by atoms with Crippen LogP contribution in [0.15, 0.2) is 60.2 Å². The molecule has 0 aromatic heterocycles. The molecule has 0 radical (unpaired) electrons. The van der Waals surface area contributed by atoms with Crippen molar-refractivity contribution in [1.82, 2.24) is 0 Å². The number of carbonyl (C=O) groups is 1. The van der Waals surface area contributed by atoms with E-state index >= 15 is 0 Å². The Kier molecular flexibility index (Phi) is 8.68. The van der Waals surface area contributed by atoms with Gasteiger partial charge in [0.05, 0.1) is 15.6 Å². The van der Waals surface area contributed by atoms with E-state index in [-0.39, 0.29) is 17.9 Å². The number of aryl methyl sites for hydroxylation is 1. The molecule has 178 valence electrons. The van der Waals surface area contributed by atoms with Crippen molar-refractivity contribution in [2.75, 3.05) is 12.4 Å². The monoisotopic (exact) mass is 603 g/mol. The summed E-state index contributed by atoms with van der Waals surface area (Å²) in [5, 5.41) is 23.7. The number of carbonyl (C=O) groups excluding carboxylic acids is 1. The van der Waals surface area contributed by atoms with Crippen molar-refractivity contribution in [2.24, 2.45) is 0 Å². The van der Waals surface area contributed by atoms with Crippen LogP contribution in [0.4, 0.5) is 11.4 Å². The first-order valence-corrected chi connectivity index (χ1v) is 11.6. The summed E-state index contributed by atoms with van der Waals surface area (Å²) in [5.41, 5.74) is 2.40. The van der Waals surface area contributed by atoms with E-state index in [2.05, 4.69) is 27.9 Å². The molecule has 1 amide bonds. The van der Waals surface area contributed by atoms with Crippen molar-refractivity contribution in [3.05, 3.63) is 95.6 Å². The number of ether oxygens (including phenoxy) is 2. The van der Waals surface area contributed by atoms with E-state index in [4.69, 9.17) is 21.1 Å². The topological polar surface area (TPSA) is 114 Å². The number of rotatable bonds is 8. The van der Waals surface area contributed by atoms with Crippen LogP contribution >= 0.6 is 34.2 Å². The summed E-state index contributed by atoms with van der Waals surface area (Å²) in [4.78, 5) is 23.2. The van der Waals surface area contributed by atoms with Gasteiger partial charge in [-0.25, -0.2) is 0 Å². The third-order valence-electron chi connectivity index (χ3n) is 4.86. The van der Waals surface area contributed by atoms with E-state index in [1.165, 1.54) is 25.3 Å².